The van der Waals surface area contributed by atoms with Gasteiger partial charge in [-0.1, -0.05) is 96.5 Å². The van der Waals surface area contributed by atoms with Crippen LogP contribution in [0.5, 0.6) is 0 Å². The zero-order chi connectivity index (χ0) is 30.2. The lowest BCUT2D eigenvalue weighted by molar-refractivity contribution is -0.141. The van der Waals surface area contributed by atoms with Crippen molar-refractivity contribution in [2.45, 2.75) is 55.8 Å². The van der Waals surface area contributed by atoms with E-state index in [1.165, 1.54) is 0 Å². The molecule has 222 valence electrons. The summed E-state index contributed by atoms with van der Waals surface area (Å²) in [5.41, 5.74) is 3.33. The van der Waals surface area contributed by atoms with Gasteiger partial charge in [0.05, 0.1) is 4.90 Å². The number of nitrogens with one attached hydrogen (secondary N) is 2. The molecule has 0 aliphatic heterocycles. The number of benzene rings is 4. The number of amides is 2. The first-order valence-corrected chi connectivity index (χ1v) is 16.2. The Morgan fingerprint density at radius 2 is 1.40 bits per heavy atom. The minimum absolute atomic E-state index is 0.0244. The molecule has 1 unspecified atom stereocenters. The van der Waals surface area contributed by atoms with Crippen LogP contribution in [0.3, 0.4) is 0 Å². The van der Waals surface area contributed by atoms with Gasteiger partial charge in [0.2, 0.25) is 21.8 Å². The van der Waals surface area contributed by atoms with Crippen molar-refractivity contribution >= 4 is 33.4 Å². The summed E-state index contributed by atoms with van der Waals surface area (Å²) in [5.74, 6) is -0.485. The molecule has 0 saturated heterocycles. The summed E-state index contributed by atoms with van der Waals surface area (Å²) in [4.78, 5) is 29.6. The zero-order valence-electron chi connectivity index (χ0n) is 23.7. The molecule has 4 aromatic rings. The predicted molar refractivity (Wildman–Crippen MR) is 168 cm³/mol. The molecule has 1 fully saturated rings. The third kappa shape index (κ3) is 8.54. The summed E-state index contributed by atoms with van der Waals surface area (Å²) in [6.45, 7) is 0.537. The molecule has 2 amide bonds. The molecular formula is C34H34ClN3O4S. The van der Waals surface area contributed by atoms with Crippen LogP contribution in [0, 0.1) is 0 Å². The van der Waals surface area contributed by atoms with Crippen LogP contribution in [0.15, 0.2) is 114 Å². The third-order valence-corrected chi connectivity index (χ3v) is 9.12. The molecule has 1 aliphatic carbocycles. The Hall–Kier alpha value is -3.98. The van der Waals surface area contributed by atoms with E-state index in [1.807, 2.05) is 72.8 Å². The van der Waals surface area contributed by atoms with Gasteiger partial charge in [-0.05, 0) is 65.8 Å². The van der Waals surface area contributed by atoms with Gasteiger partial charge in [-0.25, -0.2) is 13.1 Å². The second-order valence-corrected chi connectivity index (χ2v) is 12.9. The Morgan fingerprint density at radius 1 is 0.791 bits per heavy atom. The fourth-order valence-electron chi connectivity index (χ4n) is 4.82. The fourth-order valence-corrected chi connectivity index (χ4v) is 6.25. The average Bonchev–Trinajstić information content (AvgIpc) is 3.84. The molecule has 9 heteroatoms. The lowest BCUT2D eigenvalue weighted by Gasteiger charge is -2.32. The van der Waals surface area contributed by atoms with Crippen LogP contribution in [0.25, 0.3) is 0 Å². The summed E-state index contributed by atoms with van der Waals surface area (Å²) < 4.78 is 27.8. The van der Waals surface area contributed by atoms with E-state index in [0.29, 0.717) is 23.6 Å². The van der Waals surface area contributed by atoms with Crippen LogP contribution >= 0.6 is 11.6 Å². The summed E-state index contributed by atoms with van der Waals surface area (Å²) in [6, 6.07) is 31.9. The van der Waals surface area contributed by atoms with Gasteiger partial charge in [0.1, 0.15) is 6.04 Å². The number of nitrogens with zero attached hydrogens (tertiary/aromatic N) is 1. The van der Waals surface area contributed by atoms with E-state index in [-0.39, 0.29) is 35.7 Å². The first-order chi connectivity index (χ1) is 20.8. The topological polar surface area (TPSA) is 95.6 Å². The van der Waals surface area contributed by atoms with E-state index in [4.69, 9.17) is 11.6 Å². The summed E-state index contributed by atoms with van der Waals surface area (Å²) in [6.07, 6.45) is 2.25. The maximum Gasteiger partial charge on any atom is 0.247 e. The van der Waals surface area contributed by atoms with Gasteiger partial charge in [-0.15, -0.1) is 0 Å². The molecular weight excluding hydrogens is 582 g/mol. The van der Waals surface area contributed by atoms with Crippen molar-refractivity contribution in [1.29, 1.82) is 0 Å². The zero-order valence-corrected chi connectivity index (χ0v) is 25.2. The molecule has 1 atom stereocenters. The van der Waals surface area contributed by atoms with Gasteiger partial charge < -0.3 is 10.2 Å². The number of carbonyl (C=O) groups is 2. The van der Waals surface area contributed by atoms with E-state index in [1.54, 1.807) is 41.3 Å². The Balaban J connectivity index is 1.37. The third-order valence-electron chi connectivity index (χ3n) is 7.33. The highest BCUT2D eigenvalue weighted by atomic mass is 35.5. The van der Waals surface area contributed by atoms with Crippen molar-refractivity contribution in [3.63, 3.8) is 0 Å². The normalized spacial score (nSPS) is 13.7. The molecule has 0 spiro atoms. The molecule has 0 heterocycles. The molecule has 43 heavy (non-hydrogen) atoms. The molecule has 5 rings (SSSR count). The summed E-state index contributed by atoms with van der Waals surface area (Å²) >= 11 is 6.12. The van der Waals surface area contributed by atoms with Crippen LogP contribution in [0.4, 0.5) is 0 Å². The van der Waals surface area contributed by atoms with E-state index in [0.717, 1.165) is 29.5 Å². The van der Waals surface area contributed by atoms with Crippen molar-refractivity contribution in [3.8, 4) is 0 Å². The van der Waals surface area contributed by atoms with Gasteiger partial charge in [-0.2, -0.15) is 0 Å². The minimum Gasteiger partial charge on any atom is -0.350 e. The number of hydrogen-bond donors (Lipinski definition) is 2. The van der Waals surface area contributed by atoms with Gasteiger partial charge in [-0.3, -0.25) is 9.59 Å². The molecule has 7 nitrogen and oxygen atoms in total. The molecule has 0 bridgehead atoms. The highest BCUT2D eigenvalue weighted by molar-refractivity contribution is 7.89. The molecule has 0 aromatic heterocycles. The van der Waals surface area contributed by atoms with Crippen molar-refractivity contribution in [2.24, 2.45) is 0 Å². The standard InChI is InChI=1S/C34H34ClN3O4S/c35-29-16-11-27(12-17-29)24-38(32(39)22-15-25-13-20-31(21-14-25)43(41,42)37-30-18-19-30)33(28-9-5-2-6-10-28)34(40)36-23-26-7-3-1-4-8-26/h1-14,16-17,20-21,30,33,37H,15,18-19,22-24H2,(H,36,40). The van der Waals surface area contributed by atoms with Gasteiger partial charge >= 0.3 is 0 Å². The number of carbonyl (C=O) groups excluding carboxylic acids is 2. The van der Waals surface area contributed by atoms with Crippen LogP contribution in [-0.2, 0) is 39.1 Å². The Bertz CT molecular complexity index is 1630. The predicted octanol–water partition coefficient (Wildman–Crippen LogP) is 5.80. The Labute approximate surface area is 257 Å². The van der Waals surface area contributed by atoms with Gasteiger partial charge in [0.15, 0.2) is 0 Å². The van der Waals surface area contributed by atoms with Gasteiger partial charge in [0.25, 0.3) is 0 Å². The van der Waals surface area contributed by atoms with Crippen molar-refractivity contribution in [2.75, 3.05) is 0 Å². The van der Waals surface area contributed by atoms with Crippen molar-refractivity contribution < 1.29 is 18.0 Å². The summed E-state index contributed by atoms with van der Waals surface area (Å²) in [5, 5.41) is 3.61. The first-order valence-electron chi connectivity index (χ1n) is 14.3. The van der Waals surface area contributed by atoms with Crippen LogP contribution < -0.4 is 10.0 Å². The second kappa shape index (κ2) is 14.0. The van der Waals surface area contributed by atoms with E-state index in [2.05, 4.69) is 10.0 Å². The molecule has 2 N–H and O–H groups in total. The quantitative estimate of drug-likeness (QED) is 0.199. The Kier molecular flexibility index (Phi) is 9.92. The highest BCUT2D eigenvalue weighted by Crippen LogP contribution is 2.26. The molecule has 4 aromatic carbocycles. The van der Waals surface area contributed by atoms with Crippen LogP contribution in [0.2, 0.25) is 5.02 Å². The smallest absolute Gasteiger partial charge is 0.247 e. The number of sulfonamides is 1. The van der Waals surface area contributed by atoms with E-state index < -0.39 is 16.1 Å². The lowest BCUT2D eigenvalue weighted by Crippen LogP contribution is -2.43. The number of hydrogen-bond acceptors (Lipinski definition) is 4. The number of rotatable bonds is 13. The van der Waals surface area contributed by atoms with E-state index in [9.17, 15) is 18.0 Å². The average molecular weight is 616 g/mol. The summed E-state index contributed by atoms with van der Waals surface area (Å²) in [7, 11) is -3.55. The SMILES string of the molecule is O=C(NCc1ccccc1)C(c1ccccc1)N(Cc1ccc(Cl)cc1)C(=O)CCc1ccc(S(=O)(=O)NC2CC2)cc1. The number of aryl methyl sites for hydroxylation is 1. The minimum atomic E-state index is -3.55. The fraction of sp³-hybridized carbons (Fsp3) is 0.235. The first kappa shape index (κ1) is 30.5. The van der Waals surface area contributed by atoms with Crippen LogP contribution in [0.1, 0.15) is 47.6 Å². The molecule has 1 saturated carbocycles. The van der Waals surface area contributed by atoms with Crippen molar-refractivity contribution in [3.05, 3.63) is 136 Å². The lowest BCUT2D eigenvalue weighted by atomic mass is 10.0. The van der Waals surface area contributed by atoms with Crippen molar-refractivity contribution in [1.82, 2.24) is 14.9 Å². The van der Waals surface area contributed by atoms with Gasteiger partial charge in [0, 0.05) is 30.6 Å². The Morgan fingerprint density at radius 3 is 2.02 bits per heavy atom. The highest BCUT2D eigenvalue weighted by Gasteiger charge is 2.31. The maximum atomic E-state index is 13.9. The second-order valence-electron chi connectivity index (χ2n) is 10.7. The van der Waals surface area contributed by atoms with E-state index >= 15 is 0 Å². The largest absolute Gasteiger partial charge is 0.350 e. The number of halogens is 1. The maximum absolute atomic E-state index is 13.9. The molecule has 1 aliphatic rings. The monoisotopic (exact) mass is 615 g/mol. The molecule has 0 radical (unpaired) electrons. The van der Waals surface area contributed by atoms with Crippen LogP contribution in [-0.4, -0.2) is 31.2 Å².